The van der Waals surface area contributed by atoms with Crippen molar-refractivity contribution < 1.29 is 4.74 Å². The van der Waals surface area contributed by atoms with Crippen LogP contribution in [0.3, 0.4) is 0 Å². The van der Waals surface area contributed by atoms with Crippen molar-refractivity contribution in [3.05, 3.63) is 29.5 Å². The molecule has 3 heteroatoms. The van der Waals surface area contributed by atoms with Gasteiger partial charge in [0.2, 0.25) is 0 Å². The first-order valence-corrected chi connectivity index (χ1v) is 5.92. The summed E-state index contributed by atoms with van der Waals surface area (Å²) in [5.74, 6) is 1.27. The van der Waals surface area contributed by atoms with E-state index >= 15 is 0 Å². The number of fused-ring (bicyclic) bond motifs is 1. The van der Waals surface area contributed by atoms with E-state index in [1.54, 1.807) is 7.11 Å². The minimum atomic E-state index is 0.366. The van der Waals surface area contributed by atoms with Crippen molar-refractivity contribution in [2.45, 2.75) is 19.8 Å². The number of methoxy groups -OCH3 is 1. The number of nitrogens with two attached hydrogens (primary N) is 1. The van der Waals surface area contributed by atoms with Gasteiger partial charge in [0.15, 0.2) is 0 Å². The van der Waals surface area contributed by atoms with Crippen LogP contribution in [0.1, 0.15) is 24.0 Å². The summed E-state index contributed by atoms with van der Waals surface area (Å²) >= 11 is 0. The Morgan fingerprint density at radius 1 is 1.41 bits per heavy atom. The van der Waals surface area contributed by atoms with E-state index < -0.39 is 0 Å². The van der Waals surface area contributed by atoms with Gasteiger partial charge < -0.3 is 15.0 Å². The number of nitrogens with zero attached hydrogens (tertiary/aromatic N) is 1. The Morgan fingerprint density at radius 3 is 2.71 bits per heavy atom. The molecule has 0 aliphatic carbocycles. The lowest BCUT2D eigenvalue weighted by atomic mass is 9.99. The van der Waals surface area contributed by atoms with E-state index in [1.807, 2.05) is 0 Å². The fraction of sp³-hybridized carbons (Fsp3) is 0.429. The Bertz CT molecular complexity index is 543. The van der Waals surface area contributed by atoms with E-state index in [0.29, 0.717) is 12.5 Å². The molecule has 92 valence electrons. The van der Waals surface area contributed by atoms with Gasteiger partial charge in [0.25, 0.3) is 0 Å². The molecule has 0 radical (unpaired) electrons. The van der Waals surface area contributed by atoms with Gasteiger partial charge in [-0.3, -0.25) is 0 Å². The van der Waals surface area contributed by atoms with Gasteiger partial charge in [-0.2, -0.15) is 0 Å². The van der Waals surface area contributed by atoms with E-state index in [9.17, 15) is 0 Å². The number of ether oxygens (including phenoxy) is 1. The zero-order chi connectivity index (χ0) is 12.6. The molecule has 3 nitrogen and oxygen atoms in total. The molecule has 1 aromatic heterocycles. The Hall–Kier alpha value is -1.48. The average molecular weight is 232 g/mol. The smallest absolute Gasteiger partial charge is 0.119 e. The molecule has 0 amide bonds. The molecular formula is C14H20N2O. The summed E-state index contributed by atoms with van der Waals surface area (Å²) in [6.45, 7) is 4.93. The maximum Gasteiger partial charge on any atom is 0.119 e. The minimum Gasteiger partial charge on any atom is -0.497 e. The first kappa shape index (κ1) is 12.0. The van der Waals surface area contributed by atoms with Crippen molar-refractivity contribution in [2.75, 3.05) is 13.7 Å². The van der Waals surface area contributed by atoms with Gasteiger partial charge in [-0.05, 0) is 42.6 Å². The van der Waals surface area contributed by atoms with Crippen LogP contribution in [0.5, 0.6) is 5.75 Å². The second kappa shape index (κ2) is 4.41. The molecule has 1 atom stereocenters. The molecule has 0 fully saturated rings. The van der Waals surface area contributed by atoms with Gasteiger partial charge in [0.1, 0.15) is 5.75 Å². The Balaban J connectivity index is 2.74. The van der Waals surface area contributed by atoms with Crippen LogP contribution in [0, 0.1) is 6.92 Å². The highest BCUT2D eigenvalue weighted by Crippen LogP contribution is 2.32. The highest BCUT2D eigenvalue weighted by Gasteiger charge is 2.14. The highest BCUT2D eigenvalue weighted by atomic mass is 16.5. The van der Waals surface area contributed by atoms with Gasteiger partial charge in [-0.25, -0.2) is 0 Å². The molecule has 0 saturated carbocycles. The lowest BCUT2D eigenvalue weighted by Crippen LogP contribution is -2.08. The quantitative estimate of drug-likeness (QED) is 0.883. The summed E-state index contributed by atoms with van der Waals surface area (Å²) < 4.78 is 7.51. The molecule has 1 heterocycles. The lowest BCUT2D eigenvalue weighted by molar-refractivity contribution is 0.415. The molecule has 0 aliphatic heterocycles. The predicted molar refractivity (Wildman–Crippen MR) is 71.7 cm³/mol. The number of rotatable bonds is 3. The molecule has 2 rings (SSSR count). The van der Waals surface area contributed by atoms with Crippen molar-refractivity contribution in [2.24, 2.45) is 12.8 Å². The van der Waals surface area contributed by atoms with Crippen LogP contribution in [0.25, 0.3) is 10.9 Å². The Morgan fingerprint density at radius 2 is 2.12 bits per heavy atom. The van der Waals surface area contributed by atoms with Crippen LogP contribution in [-0.4, -0.2) is 18.2 Å². The zero-order valence-electron chi connectivity index (χ0n) is 10.9. The SMILES string of the molecule is COc1cc(C)c2c(c1)c(C(C)CN)cn2C. The standard InChI is InChI=1S/C14H20N2O/c1-9-5-11(17-4)6-12-13(10(2)7-15)8-16(3)14(9)12/h5-6,8,10H,7,15H2,1-4H3. The molecule has 2 aromatic rings. The molecule has 0 saturated heterocycles. The van der Waals surface area contributed by atoms with Crippen LogP contribution in [0.2, 0.25) is 0 Å². The molecule has 2 N–H and O–H groups in total. The van der Waals surface area contributed by atoms with Gasteiger partial charge >= 0.3 is 0 Å². The van der Waals surface area contributed by atoms with Gasteiger partial charge in [-0.1, -0.05) is 6.92 Å². The van der Waals surface area contributed by atoms with Crippen LogP contribution in [0.4, 0.5) is 0 Å². The summed E-state index contributed by atoms with van der Waals surface area (Å²) in [5, 5.41) is 1.25. The van der Waals surface area contributed by atoms with E-state index in [1.165, 1.54) is 22.0 Å². The lowest BCUT2D eigenvalue weighted by Gasteiger charge is -2.08. The Kier molecular flexibility index (Phi) is 3.11. The van der Waals surface area contributed by atoms with E-state index in [0.717, 1.165) is 5.75 Å². The summed E-state index contributed by atoms with van der Waals surface area (Å²) in [5.41, 5.74) is 9.57. The van der Waals surface area contributed by atoms with Crippen LogP contribution < -0.4 is 10.5 Å². The van der Waals surface area contributed by atoms with E-state index in [4.69, 9.17) is 10.5 Å². The minimum absolute atomic E-state index is 0.366. The molecular weight excluding hydrogens is 212 g/mol. The predicted octanol–water partition coefficient (Wildman–Crippen LogP) is 2.56. The molecule has 0 aliphatic rings. The second-order valence-corrected chi connectivity index (χ2v) is 4.67. The third-order valence-electron chi connectivity index (χ3n) is 3.39. The number of hydrogen-bond acceptors (Lipinski definition) is 2. The van der Waals surface area contributed by atoms with Crippen molar-refractivity contribution in [1.29, 1.82) is 0 Å². The number of benzene rings is 1. The van der Waals surface area contributed by atoms with Crippen molar-refractivity contribution in [1.82, 2.24) is 4.57 Å². The fourth-order valence-corrected chi connectivity index (χ4v) is 2.41. The van der Waals surface area contributed by atoms with Crippen LogP contribution >= 0.6 is 0 Å². The van der Waals surface area contributed by atoms with Crippen molar-refractivity contribution in [3.63, 3.8) is 0 Å². The second-order valence-electron chi connectivity index (χ2n) is 4.67. The Labute approximate surface area is 102 Å². The van der Waals surface area contributed by atoms with E-state index in [-0.39, 0.29) is 0 Å². The van der Waals surface area contributed by atoms with Gasteiger partial charge in [0, 0.05) is 18.6 Å². The zero-order valence-corrected chi connectivity index (χ0v) is 10.9. The summed E-state index contributed by atoms with van der Waals surface area (Å²) in [4.78, 5) is 0. The number of aromatic nitrogens is 1. The third-order valence-corrected chi connectivity index (χ3v) is 3.39. The maximum atomic E-state index is 5.77. The van der Waals surface area contributed by atoms with Crippen LogP contribution in [0.15, 0.2) is 18.3 Å². The van der Waals surface area contributed by atoms with E-state index in [2.05, 4.69) is 43.8 Å². The highest BCUT2D eigenvalue weighted by molar-refractivity contribution is 5.88. The van der Waals surface area contributed by atoms with Gasteiger partial charge in [0.05, 0.1) is 12.6 Å². The fourth-order valence-electron chi connectivity index (χ4n) is 2.41. The van der Waals surface area contributed by atoms with Crippen molar-refractivity contribution in [3.8, 4) is 5.75 Å². The molecule has 0 spiro atoms. The largest absolute Gasteiger partial charge is 0.497 e. The summed E-state index contributed by atoms with van der Waals surface area (Å²) in [6, 6.07) is 4.17. The van der Waals surface area contributed by atoms with Crippen LogP contribution in [-0.2, 0) is 7.05 Å². The van der Waals surface area contributed by atoms with Gasteiger partial charge in [-0.15, -0.1) is 0 Å². The normalized spacial score (nSPS) is 13.0. The monoisotopic (exact) mass is 232 g/mol. The van der Waals surface area contributed by atoms with Crippen molar-refractivity contribution >= 4 is 10.9 Å². The average Bonchev–Trinajstić information content (AvgIpc) is 2.66. The number of hydrogen-bond donors (Lipinski definition) is 1. The summed E-state index contributed by atoms with van der Waals surface area (Å²) in [7, 11) is 3.78. The third kappa shape index (κ3) is 1.91. The summed E-state index contributed by atoms with van der Waals surface area (Å²) in [6.07, 6.45) is 2.18. The molecule has 0 bridgehead atoms. The topological polar surface area (TPSA) is 40.2 Å². The first-order valence-electron chi connectivity index (χ1n) is 5.92. The maximum absolute atomic E-state index is 5.77. The molecule has 17 heavy (non-hydrogen) atoms. The number of aryl methyl sites for hydroxylation is 2. The molecule has 1 unspecified atom stereocenters. The molecule has 1 aromatic carbocycles. The first-order chi connectivity index (χ1) is 8.08.